The van der Waals surface area contributed by atoms with Crippen molar-refractivity contribution in [2.45, 2.75) is 81.9 Å². The molecular formula is C32H44N2O4S2. The number of nitrogens with one attached hydrogen (secondary N) is 1. The Hall–Kier alpha value is -2.00. The molecule has 218 valence electrons. The van der Waals surface area contributed by atoms with Gasteiger partial charge in [-0.2, -0.15) is 23.5 Å². The molecule has 2 fully saturated rings. The van der Waals surface area contributed by atoms with E-state index in [1.54, 1.807) is 11.8 Å². The van der Waals surface area contributed by atoms with Crippen molar-refractivity contribution < 1.29 is 19.4 Å². The Balaban J connectivity index is 1.56. The lowest BCUT2D eigenvalue weighted by Gasteiger charge is -2.28. The van der Waals surface area contributed by atoms with Crippen LogP contribution < -0.4 is 5.32 Å². The van der Waals surface area contributed by atoms with Gasteiger partial charge in [-0.1, -0.05) is 49.6 Å². The minimum atomic E-state index is -1.00. The Morgan fingerprint density at radius 2 is 1.88 bits per heavy atom. The van der Waals surface area contributed by atoms with Crippen molar-refractivity contribution in [1.82, 2.24) is 10.2 Å². The molecule has 40 heavy (non-hydrogen) atoms. The Morgan fingerprint density at radius 1 is 1.10 bits per heavy atom. The Labute approximate surface area is 248 Å². The molecule has 0 aromatic heterocycles. The number of carboxylic acids is 1. The monoisotopic (exact) mass is 584 g/mol. The fourth-order valence-electron chi connectivity index (χ4n) is 5.90. The average molecular weight is 585 g/mol. The molecule has 0 unspecified atom stereocenters. The zero-order valence-corrected chi connectivity index (χ0v) is 25.7. The lowest BCUT2D eigenvalue weighted by molar-refractivity contribution is -0.139. The first-order valence-electron chi connectivity index (χ1n) is 14.5. The van der Waals surface area contributed by atoms with Crippen LogP contribution in [0.15, 0.2) is 42.5 Å². The second-order valence-electron chi connectivity index (χ2n) is 11.1. The van der Waals surface area contributed by atoms with Crippen molar-refractivity contribution in [3.05, 3.63) is 59.2 Å². The molecule has 0 spiro atoms. The first-order chi connectivity index (χ1) is 19.4. The van der Waals surface area contributed by atoms with Crippen LogP contribution in [0.5, 0.6) is 0 Å². The average Bonchev–Trinajstić information content (AvgIpc) is 3.36. The van der Waals surface area contributed by atoms with Crippen LogP contribution in [0.4, 0.5) is 0 Å². The fraction of sp³-hybridized carbons (Fsp3) is 0.562. The molecule has 1 aliphatic carbocycles. The van der Waals surface area contributed by atoms with E-state index in [2.05, 4.69) is 22.5 Å². The molecule has 2 aromatic carbocycles. The summed E-state index contributed by atoms with van der Waals surface area (Å²) in [5.41, 5.74) is 4.57. The summed E-state index contributed by atoms with van der Waals surface area (Å²) >= 11 is 3.51. The maximum atomic E-state index is 13.4. The van der Waals surface area contributed by atoms with Gasteiger partial charge < -0.3 is 15.2 Å². The highest BCUT2D eigenvalue weighted by atomic mass is 32.2. The Bertz CT molecular complexity index is 1140. The number of aryl methyl sites for hydroxylation is 1. The van der Waals surface area contributed by atoms with Crippen molar-refractivity contribution >= 4 is 35.4 Å². The van der Waals surface area contributed by atoms with Gasteiger partial charge in [0, 0.05) is 29.9 Å². The van der Waals surface area contributed by atoms with Gasteiger partial charge in [0.15, 0.2) is 0 Å². The highest BCUT2D eigenvalue weighted by Gasteiger charge is 2.33. The maximum absolute atomic E-state index is 13.4. The first kappa shape index (κ1) is 30.9. The van der Waals surface area contributed by atoms with Crippen LogP contribution in [0.3, 0.4) is 0 Å². The number of nitrogens with zero attached hydrogens (tertiary/aromatic N) is 1. The number of hydrogen-bond donors (Lipinski definition) is 2. The van der Waals surface area contributed by atoms with Crippen LogP contribution in [0.2, 0.25) is 0 Å². The highest BCUT2D eigenvalue weighted by Crippen LogP contribution is 2.32. The second kappa shape index (κ2) is 15.3. The van der Waals surface area contributed by atoms with E-state index in [9.17, 15) is 14.7 Å². The molecule has 1 aliphatic heterocycles. The molecule has 0 bridgehead atoms. The summed E-state index contributed by atoms with van der Waals surface area (Å²) in [7, 11) is 0. The number of carbonyl (C=O) groups is 2. The Morgan fingerprint density at radius 3 is 2.58 bits per heavy atom. The lowest BCUT2D eigenvalue weighted by atomic mass is 9.93. The van der Waals surface area contributed by atoms with Crippen LogP contribution in [0.25, 0.3) is 11.1 Å². The van der Waals surface area contributed by atoms with Gasteiger partial charge in [0.05, 0.1) is 12.7 Å². The van der Waals surface area contributed by atoms with Gasteiger partial charge in [0.1, 0.15) is 6.04 Å². The van der Waals surface area contributed by atoms with Crippen LogP contribution in [-0.2, 0) is 16.1 Å². The standard InChI is InChI=1S/C32H44N2O4S2/c1-22-9-7-8-12-27(22)29-17-23(13-14-28(29)31(35)33-30(32(36)37)15-16-39-2)19-34-20-26(40-3)18-24(34)21-38-25-10-5-4-6-11-25/h7-9,12-14,17,24-26,30H,4-6,10-11,15-16,18-21H2,1-3H3,(H,33,35)(H,36,37)/t24-,26-,30-/m0/s1. The summed E-state index contributed by atoms with van der Waals surface area (Å²) in [6.45, 7) is 4.64. The van der Waals surface area contributed by atoms with Crippen LogP contribution in [-0.4, -0.2) is 76.7 Å². The number of rotatable bonds is 13. The van der Waals surface area contributed by atoms with Crippen molar-refractivity contribution in [1.29, 1.82) is 0 Å². The van der Waals surface area contributed by atoms with Gasteiger partial charge in [-0.3, -0.25) is 9.69 Å². The third kappa shape index (κ3) is 8.28. The molecule has 8 heteroatoms. The number of thioether (sulfide) groups is 2. The quantitative estimate of drug-likeness (QED) is 0.288. The van der Waals surface area contributed by atoms with Crippen LogP contribution in [0.1, 0.15) is 66.4 Å². The van der Waals surface area contributed by atoms with Gasteiger partial charge in [0.2, 0.25) is 0 Å². The molecule has 6 nitrogen and oxygen atoms in total. The zero-order valence-electron chi connectivity index (χ0n) is 24.1. The molecule has 1 saturated heterocycles. The smallest absolute Gasteiger partial charge is 0.326 e. The van der Waals surface area contributed by atoms with E-state index in [0.29, 0.717) is 35.1 Å². The number of ether oxygens (including phenoxy) is 1. The summed E-state index contributed by atoms with van der Waals surface area (Å²) < 4.78 is 6.42. The summed E-state index contributed by atoms with van der Waals surface area (Å²) in [5, 5.41) is 13.1. The number of carbonyl (C=O) groups excluding carboxylic acids is 1. The topological polar surface area (TPSA) is 78.9 Å². The molecule has 2 N–H and O–H groups in total. The predicted molar refractivity (Wildman–Crippen MR) is 167 cm³/mol. The summed E-state index contributed by atoms with van der Waals surface area (Å²) in [5.74, 6) is -0.685. The van der Waals surface area contributed by atoms with Crippen molar-refractivity contribution in [3.63, 3.8) is 0 Å². The summed E-state index contributed by atoms with van der Waals surface area (Å²) in [6, 6.07) is 13.6. The van der Waals surface area contributed by atoms with E-state index >= 15 is 0 Å². The number of hydrogen-bond acceptors (Lipinski definition) is 6. The highest BCUT2D eigenvalue weighted by molar-refractivity contribution is 7.99. The molecule has 0 radical (unpaired) electrons. The van der Waals surface area contributed by atoms with Gasteiger partial charge in [-0.05, 0) is 85.3 Å². The van der Waals surface area contributed by atoms with E-state index in [1.165, 1.54) is 32.1 Å². The number of benzene rings is 2. The molecule has 2 aliphatic rings. The van der Waals surface area contributed by atoms with Crippen molar-refractivity contribution in [3.8, 4) is 11.1 Å². The summed E-state index contributed by atoms with van der Waals surface area (Å²) in [6.07, 6.45) is 12.3. The van der Waals surface area contributed by atoms with E-state index in [4.69, 9.17) is 4.74 Å². The molecule has 1 heterocycles. The van der Waals surface area contributed by atoms with Gasteiger partial charge >= 0.3 is 5.97 Å². The summed E-state index contributed by atoms with van der Waals surface area (Å²) in [4.78, 5) is 27.8. The van der Waals surface area contributed by atoms with E-state index < -0.39 is 12.0 Å². The second-order valence-corrected chi connectivity index (χ2v) is 13.2. The normalized spacial score (nSPS) is 20.9. The SMILES string of the molecule is CSCC[C@H](NC(=O)c1ccc(CN2C[C@@H](SC)C[C@H]2COC2CCCCC2)cc1-c1ccccc1C)C(=O)O. The van der Waals surface area contributed by atoms with Crippen molar-refractivity contribution in [2.75, 3.05) is 31.4 Å². The predicted octanol–water partition coefficient (Wildman–Crippen LogP) is 6.25. The minimum Gasteiger partial charge on any atom is -0.480 e. The largest absolute Gasteiger partial charge is 0.480 e. The lowest BCUT2D eigenvalue weighted by Crippen LogP contribution is -2.41. The number of likely N-dealkylation sites (tertiary alicyclic amines) is 1. The van der Waals surface area contributed by atoms with E-state index in [-0.39, 0.29) is 5.91 Å². The van der Waals surface area contributed by atoms with E-state index in [0.717, 1.165) is 48.4 Å². The Kier molecular flexibility index (Phi) is 11.8. The van der Waals surface area contributed by atoms with Gasteiger partial charge in [-0.25, -0.2) is 4.79 Å². The molecular weight excluding hydrogens is 540 g/mol. The third-order valence-electron chi connectivity index (χ3n) is 8.26. The van der Waals surface area contributed by atoms with E-state index in [1.807, 2.05) is 61.3 Å². The molecule has 1 saturated carbocycles. The maximum Gasteiger partial charge on any atom is 0.326 e. The first-order valence-corrected chi connectivity index (χ1v) is 17.2. The molecule has 2 aromatic rings. The molecule has 4 rings (SSSR count). The zero-order chi connectivity index (χ0) is 28.5. The van der Waals surface area contributed by atoms with Crippen molar-refractivity contribution in [2.24, 2.45) is 0 Å². The third-order valence-corrected chi connectivity index (χ3v) is 9.92. The van der Waals surface area contributed by atoms with Gasteiger partial charge in [-0.15, -0.1) is 0 Å². The van der Waals surface area contributed by atoms with Gasteiger partial charge in [0.25, 0.3) is 5.91 Å². The van der Waals surface area contributed by atoms with Crippen LogP contribution in [0, 0.1) is 6.92 Å². The number of amides is 1. The molecule has 1 amide bonds. The fourth-order valence-corrected chi connectivity index (χ4v) is 7.13. The number of carboxylic acid groups (broad SMARTS) is 1. The van der Waals surface area contributed by atoms with Crippen LogP contribution >= 0.6 is 23.5 Å². The minimum absolute atomic E-state index is 0.347. The number of aliphatic carboxylic acids is 1. The molecule has 3 atom stereocenters.